The van der Waals surface area contributed by atoms with Gasteiger partial charge >= 0.3 is 0 Å². The van der Waals surface area contributed by atoms with Crippen LogP contribution in [-0.4, -0.2) is 5.24 Å². The Balaban J connectivity index is 1.93. The summed E-state index contributed by atoms with van der Waals surface area (Å²) in [4.78, 5) is 10.8. The number of allylic oxidation sites excluding steroid dienone is 4. The summed E-state index contributed by atoms with van der Waals surface area (Å²) in [7, 11) is 0. The molecule has 1 saturated carbocycles. The van der Waals surface area contributed by atoms with E-state index in [4.69, 9.17) is 11.6 Å². The molecule has 0 aromatic carbocycles. The Morgan fingerprint density at radius 1 is 1.42 bits per heavy atom. The van der Waals surface area contributed by atoms with Crippen LogP contribution in [-0.2, 0) is 4.79 Å². The zero-order valence-corrected chi connectivity index (χ0v) is 7.50. The summed E-state index contributed by atoms with van der Waals surface area (Å²) >= 11 is 5.41. The first-order chi connectivity index (χ1) is 5.79. The molecule has 2 aliphatic rings. The van der Waals surface area contributed by atoms with E-state index in [2.05, 4.69) is 24.3 Å². The van der Waals surface area contributed by atoms with Crippen LogP contribution in [0.1, 0.15) is 12.8 Å². The number of carbonyl (C=O) groups excluding carboxylic acids is 1. The Labute approximate surface area is 77.1 Å². The highest BCUT2D eigenvalue weighted by molar-refractivity contribution is 6.64. The van der Waals surface area contributed by atoms with E-state index >= 15 is 0 Å². The van der Waals surface area contributed by atoms with Crippen LogP contribution in [0.5, 0.6) is 0 Å². The van der Waals surface area contributed by atoms with Crippen molar-refractivity contribution in [2.24, 2.45) is 17.8 Å². The normalized spacial score (nSPS) is 38.2. The highest BCUT2D eigenvalue weighted by Crippen LogP contribution is 2.47. The van der Waals surface area contributed by atoms with E-state index in [1.807, 2.05) is 0 Å². The smallest absolute Gasteiger partial charge is 0.225 e. The molecule has 1 fully saturated rings. The van der Waals surface area contributed by atoms with Gasteiger partial charge in [0.25, 0.3) is 0 Å². The van der Waals surface area contributed by atoms with E-state index in [1.165, 1.54) is 0 Å². The maximum absolute atomic E-state index is 10.8. The van der Waals surface area contributed by atoms with Crippen molar-refractivity contribution >= 4 is 16.8 Å². The number of rotatable bonds is 2. The molecule has 0 heterocycles. The summed E-state index contributed by atoms with van der Waals surface area (Å²) in [6.45, 7) is 0. The van der Waals surface area contributed by atoms with Crippen LogP contribution < -0.4 is 0 Å². The first-order valence-electron chi connectivity index (χ1n) is 4.31. The first-order valence-corrected chi connectivity index (χ1v) is 4.69. The third-order valence-corrected chi connectivity index (χ3v) is 2.98. The number of halogens is 1. The van der Waals surface area contributed by atoms with Crippen molar-refractivity contribution in [3.05, 3.63) is 24.3 Å². The predicted molar refractivity (Wildman–Crippen MR) is 48.8 cm³/mol. The fourth-order valence-electron chi connectivity index (χ4n) is 1.87. The van der Waals surface area contributed by atoms with Crippen LogP contribution in [0.4, 0.5) is 0 Å². The topological polar surface area (TPSA) is 17.1 Å². The average Bonchev–Trinajstić information content (AvgIpc) is 2.84. The Bertz CT molecular complexity index is 255. The largest absolute Gasteiger partial charge is 0.281 e. The van der Waals surface area contributed by atoms with Gasteiger partial charge in [0, 0.05) is 5.92 Å². The third kappa shape index (κ3) is 1.46. The minimum Gasteiger partial charge on any atom is -0.281 e. The van der Waals surface area contributed by atoms with Crippen LogP contribution in [0.15, 0.2) is 24.3 Å². The van der Waals surface area contributed by atoms with Gasteiger partial charge in [-0.3, -0.25) is 4.79 Å². The average molecular weight is 183 g/mol. The van der Waals surface area contributed by atoms with Crippen molar-refractivity contribution in [2.45, 2.75) is 12.8 Å². The molecule has 0 saturated heterocycles. The molecule has 0 N–H and O–H groups in total. The van der Waals surface area contributed by atoms with Gasteiger partial charge in [0.05, 0.1) is 0 Å². The molecule has 1 nitrogen and oxygen atoms in total. The van der Waals surface area contributed by atoms with Gasteiger partial charge in [-0.05, 0) is 36.3 Å². The Hall–Kier alpha value is -0.560. The molecule has 2 heteroatoms. The van der Waals surface area contributed by atoms with Gasteiger partial charge in [-0.2, -0.15) is 0 Å². The number of hydrogen-bond acceptors (Lipinski definition) is 1. The molecule has 0 aromatic rings. The zero-order chi connectivity index (χ0) is 8.55. The van der Waals surface area contributed by atoms with Gasteiger partial charge in [0.15, 0.2) is 0 Å². The van der Waals surface area contributed by atoms with E-state index in [9.17, 15) is 4.79 Å². The summed E-state index contributed by atoms with van der Waals surface area (Å²) in [5, 5.41) is -0.150. The lowest BCUT2D eigenvalue weighted by atomic mass is 9.95. The van der Waals surface area contributed by atoms with Crippen molar-refractivity contribution < 1.29 is 4.79 Å². The molecule has 0 bridgehead atoms. The minimum absolute atomic E-state index is 0.146. The molecule has 2 aliphatic carbocycles. The van der Waals surface area contributed by atoms with E-state index in [0.29, 0.717) is 11.8 Å². The lowest BCUT2D eigenvalue weighted by Crippen LogP contribution is -2.04. The fraction of sp³-hybridized carbons (Fsp3) is 0.500. The molecular weight excluding hydrogens is 172 g/mol. The predicted octanol–water partition coefficient (Wildman–Crippen LogP) is 2.52. The molecule has 0 radical (unpaired) electrons. The monoisotopic (exact) mass is 182 g/mol. The second-order valence-electron chi connectivity index (χ2n) is 3.52. The van der Waals surface area contributed by atoms with Crippen molar-refractivity contribution in [1.82, 2.24) is 0 Å². The second kappa shape index (κ2) is 3.06. The summed E-state index contributed by atoms with van der Waals surface area (Å²) < 4.78 is 0. The maximum atomic E-state index is 10.8. The Kier molecular flexibility index (Phi) is 2.05. The summed E-state index contributed by atoms with van der Waals surface area (Å²) in [6, 6.07) is 0. The fourth-order valence-corrected chi connectivity index (χ4v) is 2.12. The third-order valence-electron chi connectivity index (χ3n) is 2.70. The standard InChI is InChI=1S/C10H11ClO/c11-10(12)9-6-8(9)7-4-2-1-3-5-7/h1-4,7-9H,5-6H2/t7-,8?,9+/m0/s1. The summed E-state index contributed by atoms with van der Waals surface area (Å²) in [5.41, 5.74) is 0. The van der Waals surface area contributed by atoms with E-state index in [-0.39, 0.29) is 11.2 Å². The molecule has 0 amide bonds. The molecule has 64 valence electrons. The number of hydrogen-bond donors (Lipinski definition) is 0. The molecular formula is C10H11ClO. The Morgan fingerprint density at radius 3 is 2.75 bits per heavy atom. The summed E-state index contributed by atoms with van der Waals surface area (Å²) in [6.07, 6.45) is 10.5. The van der Waals surface area contributed by atoms with Crippen molar-refractivity contribution in [1.29, 1.82) is 0 Å². The second-order valence-corrected chi connectivity index (χ2v) is 3.90. The highest BCUT2D eigenvalue weighted by atomic mass is 35.5. The van der Waals surface area contributed by atoms with Crippen LogP contribution >= 0.6 is 11.6 Å². The molecule has 0 aromatic heterocycles. The van der Waals surface area contributed by atoms with E-state index in [0.717, 1.165) is 12.8 Å². The zero-order valence-electron chi connectivity index (χ0n) is 6.74. The number of carbonyl (C=O) groups is 1. The SMILES string of the molecule is O=C(Cl)[C@@H]1CC1[C@H]1C=CC=CC1. The highest BCUT2D eigenvalue weighted by Gasteiger charge is 2.45. The molecule has 0 spiro atoms. The van der Waals surface area contributed by atoms with Gasteiger partial charge < -0.3 is 0 Å². The first kappa shape index (κ1) is 8.06. The van der Waals surface area contributed by atoms with Crippen LogP contribution in [0.25, 0.3) is 0 Å². The van der Waals surface area contributed by atoms with Gasteiger partial charge in [0.2, 0.25) is 5.24 Å². The molecule has 1 unspecified atom stereocenters. The van der Waals surface area contributed by atoms with Crippen LogP contribution in [0, 0.1) is 17.8 Å². The van der Waals surface area contributed by atoms with Crippen molar-refractivity contribution in [2.75, 3.05) is 0 Å². The molecule has 12 heavy (non-hydrogen) atoms. The van der Waals surface area contributed by atoms with E-state index < -0.39 is 0 Å². The molecule has 2 rings (SSSR count). The van der Waals surface area contributed by atoms with Gasteiger partial charge in [-0.25, -0.2) is 0 Å². The quantitative estimate of drug-likeness (QED) is 0.600. The minimum atomic E-state index is -0.150. The van der Waals surface area contributed by atoms with Crippen LogP contribution in [0.3, 0.4) is 0 Å². The van der Waals surface area contributed by atoms with Gasteiger partial charge in [0.1, 0.15) is 0 Å². The van der Waals surface area contributed by atoms with Crippen LogP contribution in [0.2, 0.25) is 0 Å². The summed E-state index contributed by atoms with van der Waals surface area (Å²) in [5.74, 6) is 1.23. The van der Waals surface area contributed by atoms with Gasteiger partial charge in [-0.1, -0.05) is 24.3 Å². The lowest BCUT2D eigenvalue weighted by Gasteiger charge is -2.10. The lowest BCUT2D eigenvalue weighted by molar-refractivity contribution is -0.113. The van der Waals surface area contributed by atoms with E-state index in [1.54, 1.807) is 0 Å². The maximum Gasteiger partial charge on any atom is 0.225 e. The van der Waals surface area contributed by atoms with Crippen molar-refractivity contribution in [3.63, 3.8) is 0 Å². The van der Waals surface area contributed by atoms with Crippen molar-refractivity contribution in [3.8, 4) is 0 Å². The molecule has 0 aliphatic heterocycles. The van der Waals surface area contributed by atoms with Gasteiger partial charge in [-0.15, -0.1) is 0 Å². The Morgan fingerprint density at radius 2 is 2.25 bits per heavy atom. The molecule has 3 atom stereocenters.